The van der Waals surface area contributed by atoms with Gasteiger partial charge in [-0.3, -0.25) is 4.90 Å². The van der Waals surface area contributed by atoms with Crippen molar-refractivity contribution in [2.75, 3.05) is 26.2 Å². The van der Waals surface area contributed by atoms with Gasteiger partial charge in [0.25, 0.3) is 0 Å². The molecule has 0 spiro atoms. The van der Waals surface area contributed by atoms with E-state index in [-0.39, 0.29) is 11.7 Å². The third-order valence-electron chi connectivity index (χ3n) is 5.35. The van der Waals surface area contributed by atoms with Crippen LogP contribution < -0.4 is 0 Å². The SMILES string of the molecule is CC(C)(C)OC(=O)N1CC(N2CCC3CCCCC3C2)C1. The van der Waals surface area contributed by atoms with E-state index in [2.05, 4.69) is 4.90 Å². The fraction of sp³-hybridized carbons (Fsp3) is 0.941. The molecule has 1 saturated carbocycles. The summed E-state index contributed by atoms with van der Waals surface area (Å²) >= 11 is 0. The van der Waals surface area contributed by atoms with Crippen LogP contribution in [0.5, 0.6) is 0 Å². The number of nitrogens with zero attached hydrogens (tertiary/aromatic N) is 2. The van der Waals surface area contributed by atoms with Crippen LogP contribution in [-0.2, 0) is 4.74 Å². The molecule has 4 heteroatoms. The van der Waals surface area contributed by atoms with Crippen molar-refractivity contribution < 1.29 is 9.53 Å². The number of hydrogen-bond donors (Lipinski definition) is 0. The predicted molar refractivity (Wildman–Crippen MR) is 83.2 cm³/mol. The molecule has 21 heavy (non-hydrogen) atoms. The number of likely N-dealkylation sites (tertiary alicyclic amines) is 2. The molecular weight excluding hydrogens is 264 g/mol. The molecule has 0 bridgehead atoms. The number of rotatable bonds is 1. The Morgan fingerprint density at radius 1 is 1.00 bits per heavy atom. The van der Waals surface area contributed by atoms with Crippen LogP contribution in [0.15, 0.2) is 0 Å². The van der Waals surface area contributed by atoms with E-state index in [0.717, 1.165) is 24.9 Å². The lowest BCUT2D eigenvalue weighted by Gasteiger charge is -2.50. The lowest BCUT2D eigenvalue weighted by molar-refractivity contribution is -0.0333. The molecule has 0 radical (unpaired) electrons. The number of amides is 1. The Morgan fingerprint density at radius 3 is 2.33 bits per heavy atom. The van der Waals surface area contributed by atoms with E-state index in [0.29, 0.717) is 6.04 Å². The standard InChI is InChI=1S/C17H30N2O2/c1-17(2,3)21-16(20)19-11-15(12-19)18-9-8-13-6-4-5-7-14(13)10-18/h13-15H,4-12H2,1-3H3. The van der Waals surface area contributed by atoms with E-state index in [4.69, 9.17) is 4.74 Å². The van der Waals surface area contributed by atoms with Crippen molar-refractivity contribution in [2.24, 2.45) is 11.8 Å². The molecule has 2 saturated heterocycles. The average Bonchev–Trinajstić information content (AvgIpc) is 2.34. The molecule has 0 aromatic rings. The number of ether oxygens (including phenoxy) is 1. The summed E-state index contributed by atoms with van der Waals surface area (Å²) in [6, 6.07) is 0.570. The fourth-order valence-electron chi connectivity index (χ4n) is 4.12. The minimum absolute atomic E-state index is 0.147. The van der Waals surface area contributed by atoms with Crippen LogP contribution in [0.1, 0.15) is 52.9 Å². The van der Waals surface area contributed by atoms with Crippen LogP contribution in [0.25, 0.3) is 0 Å². The first kappa shape index (κ1) is 15.1. The average molecular weight is 294 g/mol. The minimum Gasteiger partial charge on any atom is -0.444 e. The molecule has 3 aliphatic rings. The molecule has 2 aliphatic heterocycles. The summed E-state index contributed by atoms with van der Waals surface area (Å²) in [7, 11) is 0. The Hall–Kier alpha value is -0.770. The molecule has 1 aliphatic carbocycles. The van der Waals surface area contributed by atoms with Gasteiger partial charge in [-0.05, 0) is 52.0 Å². The van der Waals surface area contributed by atoms with Gasteiger partial charge in [0.05, 0.1) is 0 Å². The highest BCUT2D eigenvalue weighted by molar-refractivity contribution is 5.69. The van der Waals surface area contributed by atoms with Gasteiger partial charge in [-0.25, -0.2) is 4.79 Å². The highest BCUT2D eigenvalue weighted by atomic mass is 16.6. The zero-order chi connectivity index (χ0) is 15.0. The third-order valence-corrected chi connectivity index (χ3v) is 5.35. The topological polar surface area (TPSA) is 32.8 Å². The summed E-state index contributed by atoms with van der Waals surface area (Å²) in [5.74, 6) is 1.90. The highest BCUT2D eigenvalue weighted by Crippen LogP contribution is 2.37. The molecule has 2 heterocycles. The zero-order valence-electron chi connectivity index (χ0n) is 13.8. The van der Waals surface area contributed by atoms with Crippen molar-refractivity contribution in [1.29, 1.82) is 0 Å². The summed E-state index contributed by atoms with van der Waals surface area (Å²) in [5.41, 5.74) is -0.386. The second kappa shape index (κ2) is 5.79. The van der Waals surface area contributed by atoms with Gasteiger partial charge in [0.15, 0.2) is 0 Å². The van der Waals surface area contributed by atoms with Gasteiger partial charge >= 0.3 is 6.09 Å². The van der Waals surface area contributed by atoms with E-state index >= 15 is 0 Å². The second-order valence-electron chi connectivity index (χ2n) is 8.13. The van der Waals surface area contributed by atoms with Gasteiger partial charge in [0, 0.05) is 25.7 Å². The maximum absolute atomic E-state index is 12.0. The number of carbonyl (C=O) groups excluding carboxylic acids is 1. The summed E-state index contributed by atoms with van der Waals surface area (Å²) in [6.07, 6.45) is 6.96. The molecule has 120 valence electrons. The van der Waals surface area contributed by atoms with Gasteiger partial charge < -0.3 is 9.64 Å². The molecule has 2 atom stereocenters. The van der Waals surface area contributed by atoms with Crippen molar-refractivity contribution in [3.8, 4) is 0 Å². The van der Waals surface area contributed by atoms with E-state index in [1.165, 1.54) is 45.2 Å². The number of hydrogen-bond acceptors (Lipinski definition) is 3. The third kappa shape index (κ3) is 3.53. The molecule has 1 amide bonds. The smallest absolute Gasteiger partial charge is 0.410 e. The molecule has 0 aromatic carbocycles. The Morgan fingerprint density at radius 2 is 1.67 bits per heavy atom. The quantitative estimate of drug-likeness (QED) is 0.745. The number of piperidine rings is 1. The van der Waals surface area contributed by atoms with Crippen LogP contribution in [0.2, 0.25) is 0 Å². The largest absolute Gasteiger partial charge is 0.444 e. The first-order chi connectivity index (χ1) is 9.92. The van der Waals surface area contributed by atoms with E-state index in [9.17, 15) is 4.79 Å². The monoisotopic (exact) mass is 294 g/mol. The van der Waals surface area contributed by atoms with Gasteiger partial charge in [-0.2, -0.15) is 0 Å². The van der Waals surface area contributed by atoms with E-state index < -0.39 is 0 Å². The van der Waals surface area contributed by atoms with Gasteiger partial charge in [0.1, 0.15) is 5.60 Å². The van der Waals surface area contributed by atoms with E-state index in [1.807, 2.05) is 25.7 Å². The summed E-state index contributed by atoms with van der Waals surface area (Å²) in [6.45, 7) is 9.98. The van der Waals surface area contributed by atoms with Crippen molar-refractivity contribution in [2.45, 2.75) is 64.5 Å². The van der Waals surface area contributed by atoms with Crippen molar-refractivity contribution in [3.05, 3.63) is 0 Å². The Labute approximate surface area is 128 Å². The molecule has 4 nitrogen and oxygen atoms in total. The van der Waals surface area contributed by atoms with Gasteiger partial charge in [-0.15, -0.1) is 0 Å². The molecule has 0 aromatic heterocycles. The minimum atomic E-state index is -0.386. The van der Waals surface area contributed by atoms with Crippen LogP contribution in [0.3, 0.4) is 0 Å². The van der Waals surface area contributed by atoms with Crippen molar-refractivity contribution >= 4 is 6.09 Å². The Bertz CT molecular complexity index is 385. The first-order valence-electron chi connectivity index (χ1n) is 8.64. The first-order valence-corrected chi connectivity index (χ1v) is 8.64. The summed E-state index contributed by atoms with van der Waals surface area (Å²) in [5, 5.41) is 0. The number of fused-ring (bicyclic) bond motifs is 1. The van der Waals surface area contributed by atoms with E-state index in [1.54, 1.807) is 0 Å². The van der Waals surface area contributed by atoms with Gasteiger partial charge in [0.2, 0.25) is 0 Å². The summed E-state index contributed by atoms with van der Waals surface area (Å²) < 4.78 is 5.43. The Kier molecular flexibility index (Phi) is 4.17. The van der Waals surface area contributed by atoms with Crippen molar-refractivity contribution in [3.63, 3.8) is 0 Å². The molecule has 3 rings (SSSR count). The van der Waals surface area contributed by atoms with Gasteiger partial charge in [-0.1, -0.05) is 19.3 Å². The summed E-state index contributed by atoms with van der Waals surface area (Å²) in [4.78, 5) is 16.5. The molecule has 0 N–H and O–H groups in total. The normalized spacial score (nSPS) is 31.5. The maximum Gasteiger partial charge on any atom is 0.410 e. The van der Waals surface area contributed by atoms with Crippen LogP contribution >= 0.6 is 0 Å². The lowest BCUT2D eigenvalue weighted by atomic mass is 9.74. The fourth-order valence-corrected chi connectivity index (χ4v) is 4.12. The maximum atomic E-state index is 12.0. The van der Waals surface area contributed by atoms with Crippen LogP contribution in [0.4, 0.5) is 4.79 Å². The number of carbonyl (C=O) groups is 1. The molecular formula is C17H30N2O2. The highest BCUT2D eigenvalue weighted by Gasteiger charge is 2.40. The Balaban J connectivity index is 1.45. The predicted octanol–water partition coefficient (Wildman–Crippen LogP) is 3.12. The van der Waals surface area contributed by atoms with Crippen LogP contribution in [-0.4, -0.2) is 53.7 Å². The lowest BCUT2D eigenvalue weighted by Crippen LogP contribution is -2.63. The van der Waals surface area contributed by atoms with Crippen LogP contribution in [0, 0.1) is 11.8 Å². The second-order valence-corrected chi connectivity index (χ2v) is 8.13. The molecule has 2 unspecified atom stereocenters. The molecule has 3 fully saturated rings. The zero-order valence-corrected chi connectivity index (χ0v) is 13.8. The van der Waals surface area contributed by atoms with Crippen molar-refractivity contribution in [1.82, 2.24) is 9.80 Å².